The normalized spacial score (nSPS) is 33.9. The van der Waals surface area contributed by atoms with Gasteiger partial charge in [0, 0.05) is 81.5 Å². The van der Waals surface area contributed by atoms with Crippen LogP contribution in [0.3, 0.4) is 0 Å². The summed E-state index contributed by atoms with van der Waals surface area (Å²) in [5.41, 5.74) is 11.4. The van der Waals surface area contributed by atoms with E-state index in [4.69, 9.17) is 9.72 Å². The zero-order valence-corrected chi connectivity index (χ0v) is 21.5. The summed E-state index contributed by atoms with van der Waals surface area (Å²) >= 11 is 0. The van der Waals surface area contributed by atoms with Gasteiger partial charge in [-0.25, -0.2) is 15.8 Å². The maximum absolute atomic E-state index is 13.5. The van der Waals surface area contributed by atoms with Crippen molar-refractivity contribution in [3.8, 4) is 0 Å². The maximum Gasteiger partial charge on any atom is 0.255 e. The molecule has 4 N–H and O–H groups in total. The minimum atomic E-state index is 0.0879. The van der Waals surface area contributed by atoms with Gasteiger partial charge in [-0.1, -0.05) is 0 Å². The number of pyridine rings is 1. The van der Waals surface area contributed by atoms with Crippen LogP contribution in [0, 0.1) is 17.8 Å². The minimum absolute atomic E-state index is 0.0879. The molecule has 0 spiro atoms. The molecule has 2 amide bonds. The molecule has 6 aliphatic rings. The molecule has 5 atom stereocenters. The monoisotopic (exact) mass is 509 g/mol. The Kier molecular flexibility index (Phi) is 6.31. The van der Waals surface area contributed by atoms with Crippen LogP contribution < -0.4 is 21.7 Å². The van der Waals surface area contributed by atoms with Crippen molar-refractivity contribution in [2.75, 3.05) is 44.7 Å². The molecule has 0 bridgehead atoms. The lowest BCUT2D eigenvalue weighted by Gasteiger charge is -2.32. The van der Waals surface area contributed by atoms with Crippen LogP contribution in [0.4, 0.5) is 5.82 Å². The summed E-state index contributed by atoms with van der Waals surface area (Å²) in [6, 6.07) is 3.23. The number of fused-ring (bicyclic) bond motifs is 2. The Morgan fingerprint density at radius 2 is 1.65 bits per heavy atom. The summed E-state index contributed by atoms with van der Waals surface area (Å²) in [5.74, 6) is 2.72. The third-order valence-electron chi connectivity index (χ3n) is 9.54. The second kappa shape index (κ2) is 9.80. The average Bonchev–Trinajstić information content (AvgIpc) is 3.33. The van der Waals surface area contributed by atoms with E-state index in [0.717, 1.165) is 77.3 Å². The van der Waals surface area contributed by atoms with Crippen molar-refractivity contribution in [3.05, 3.63) is 23.4 Å². The number of hydrogen-bond acceptors (Lipinski definition) is 8. The second-order valence-corrected chi connectivity index (χ2v) is 12.1. The number of hydrazine groups is 2. The van der Waals surface area contributed by atoms with Gasteiger partial charge in [-0.2, -0.15) is 5.53 Å². The molecule has 7 rings (SSSR count). The molecular weight excluding hydrogens is 470 g/mol. The highest BCUT2D eigenvalue weighted by molar-refractivity contribution is 5.94. The molecule has 37 heavy (non-hydrogen) atoms. The van der Waals surface area contributed by atoms with Crippen molar-refractivity contribution < 1.29 is 14.3 Å². The lowest BCUT2D eigenvalue weighted by atomic mass is 9.82. The Bertz CT molecular complexity index is 1030. The largest absolute Gasteiger partial charge is 0.381 e. The summed E-state index contributed by atoms with van der Waals surface area (Å²) in [6.45, 7) is 4.61. The van der Waals surface area contributed by atoms with Crippen molar-refractivity contribution in [2.24, 2.45) is 17.8 Å². The van der Waals surface area contributed by atoms with Gasteiger partial charge < -0.3 is 19.9 Å². The molecule has 6 fully saturated rings. The van der Waals surface area contributed by atoms with Crippen molar-refractivity contribution in [2.45, 2.75) is 69.0 Å². The summed E-state index contributed by atoms with van der Waals surface area (Å²) in [7, 11) is 0. The predicted octanol–water partition coefficient (Wildman–Crippen LogP) is 1.23. The quantitative estimate of drug-likeness (QED) is 0.469. The molecule has 0 aromatic carbocycles. The molecular formula is C27H39N7O3. The van der Waals surface area contributed by atoms with E-state index in [1.165, 1.54) is 18.4 Å². The highest BCUT2D eigenvalue weighted by Gasteiger charge is 2.46. The molecule has 10 nitrogen and oxygen atoms in total. The topological polar surface area (TPSA) is 111 Å². The smallest absolute Gasteiger partial charge is 0.255 e. The van der Waals surface area contributed by atoms with Gasteiger partial charge in [0.2, 0.25) is 5.91 Å². The Morgan fingerprint density at radius 1 is 0.919 bits per heavy atom. The van der Waals surface area contributed by atoms with Gasteiger partial charge in [0.1, 0.15) is 5.82 Å². The Morgan fingerprint density at radius 3 is 2.41 bits per heavy atom. The van der Waals surface area contributed by atoms with Crippen LogP contribution in [-0.4, -0.2) is 84.1 Å². The number of aromatic nitrogens is 1. The fraction of sp³-hybridized carbons (Fsp3) is 0.741. The van der Waals surface area contributed by atoms with Crippen molar-refractivity contribution >= 4 is 17.6 Å². The van der Waals surface area contributed by atoms with E-state index in [1.807, 2.05) is 4.90 Å². The third kappa shape index (κ3) is 4.73. The Hall–Kier alpha value is -2.27. The SMILES string of the molecule is O=C(c1cnc(NC2CCOCC2)c(C2CC2)c1)N1C[C@@H]2CN(C(=O)C3CCC4NNNC4C3)C[C@H]2C1. The number of carbonyl (C=O) groups is 2. The third-order valence-corrected chi connectivity index (χ3v) is 9.54. The number of carbonyl (C=O) groups excluding carboxylic acids is 2. The van der Waals surface area contributed by atoms with E-state index in [2.05, 4.69) is 32.7 Å². The van der Waals surface area contributed by atoms with Gasteiger partial charge in [-0.05, 0) is 62.5 Å². The minimum Gasteiger partial charge on any atom is -0.381 e. The maximum atomic E-state index is 13.5. The van der Waals surface area contributed by atoms with Gasteiger partial charge in [0.05, 0.1) is 5.56 Å². The van der Waals surface area contributed by atoms with Gasteiger partial charge in [0.25, 0.3) is 5.91 Å². The van der Waals surface area contributed by atoms with E-state index in [1.54, 1.807) is 6.20 Å². The first-order chi connectivity index (χ1) is 18.1. The number of rotatable bonds is 5. The van der Waals surface area contributed by atoms with Gasteiger partial charge in [-0.3, -0.25) is 9.59 Å². The molecule has 3 unspecified atom stereocenters. The van der Waals surface area contributed by atoms with Crippen molar-refractivity contribution in [1.82, 2.24) is 31.2 Å². The number of anilines is 1. The van der Waals surface area contributed by atoms with E-state index in [9.17, 15) is 9.59 Å². The first-order valence-corrected chi connectivity index (χ1v) is 14.3. The van der Waals surface area contributed by atoms with E-state index >= 15 is 0 Å². The number of ether oxygens (including phenoxy) is 1. The highest BCUT2D eigenvalue weighted by Crippen LogP contribution is 2.44. The molecule has 2 saturated carbocycles. The molecule has 0 radical (unpaired) electrons. The Labute approximate surface area is 218 Å². The fourth-order valence-corrected chi connectivity index (χ4v) is 7.19. The summed E-state index contributed by atoms with van der Waals surface area (Å²) in [6.07, 6.45) is 8.95. The zero-order chi connectivity index (χ0) is 24.9. The van der Waals surface area contributed by atoms with Crippen LogP contribution in [0.5, 0.6) is 0 Å². The number of likely N-dealkylation sites (tertiary alicyclic amines) is 2. The number of nitrogens with zero attached hydrogens (tertiary/aromatic N) is 3. The van der Waals surface area contributed by atoms with E-state index < -0.39 is 0 Å². The molecule has 2 aliphatic carbocycles. The molecule has 1 aromatic rings. The van der Waals surface area contributed by atoms with Crippen LogP contribution in [0.15, 0.2) is 12.3 Å². The summed E-state index contributed by atoms with van der Waals surface area (Å²) < 4.78 is 5.49. The van der Waals surface area contributed by atoms with E-state index in [-0.39, 0.29) is 11.8 Å². The van der Waals surface area contributed by atoms with Crippen LogP contribution in [-0.2, 0) is 9.53 Å². The lowest BCUT2D eigenvalue weighted by molar-refractivity contribution is -0.136. The number of nitrogens with one attached hydrogen (secondary N) is 4. The van der Waals surface area contributed by atoms with Crippen molar-refractivity contribution in [3.63, 3.8) is 0 Å². The van der Waals surface area contributed by atoms with Crippen LogP contribution in [0.2, 0.25) is 0 Å². The lowest BCUT2D eigenvalue weighted by Crippen LogP contribution is -2.45. The van der Waals surface area contributed by atoms with Gasteiger partial charge in [-0.15, -0.1) is 0 Å². The molecule has 1 aromatic heterocycles. The van der Waals surface area contributed by atoms with Gasteiger partial charge in [0.15, 0.2) is 0 Å². The summed E-state index contributed by atoms with van der Waals surface area (Å²) in [5, 5.41) is 3.63. The first-order valence-electron chi connectivity index (χ1n) is 14.3. The molecule has 4 saturated heterocycles. The first kappa shape index (κ1) is 23.8. The van der Waals surface area contributed by atoms with Crippen molar-refractivity contribution in [1.29, 1.82) is 0 Å². The number of hydrogen-bond donors (Lipinski definition) is 4. The predicted molar refractivity (Wildman–Crippen MR) is 137 cm³/mol. The standard InChI is InChI=1S/C27H39N7O3/c35-26(17-3-4-23-24(10-17)31-32-30-23)33-12-19-14-34(15-20(19)13-33)27(36)18-9-22(16-1-2-16)25(28-11-18)29-21-5-7-37-8-6-21/h9,11,16-17,19-21,23-24,30-32H,1-8,10,12-15H2,(H,28,29)/t17?,19-,20-,23?,24?/m0/s1. The van der Waals surface area contributed by atoms with Crippen LogP contribution >= 0.6 is 0 Å². The van der Waals surface area contributed by atoms with Gasteiger partial charge >= 0.3 is 0 Å². The molecule has 5 heterocycles. The zero-order valence-electron chi connectivity index (χ0n) is 21.5. The number of amides is 2. The fourth-order valence-electron chi connectivity index (χ4n) is 7.19. The summed E-state index contributed by atoms with van der Waals surface area (Å²) in [4.78, 5) is 35.6. The van der Waals surface area contributed by atoms with Crippen LogP contribution in [0.1, 0.15) is 66.8 Å². The highest BCUT2D eigenvalue weighted by atomic mass is 16.5. The molecule has 10 heteroatoms. The molecule has 4 aliphatic heterocycles. The van der Waals surface area contributed by atoms with Crippen LogP contribution in [0.25, 0.3) is 0 Å². The Balaban J connectivity index is 0.969. The average molecular weight is 510 g/mol. The van der Waals surface area contributed by atoms with E-state index in [0.29, 0.717) is 47.3 Å². The molecule has 200 valence electrons. The second-order valence-electron chi connectivity index (χ2n) is 12.1.